The second-order valence-electron chi connectivity index (χ2n) is 4.22. The van der Waals surface area contributed by atoms with E-state index in [1.165, 1.54) is 0 Å². The highest BCUT2D eigenvalue weighted by molar-refractivity contribution is 9.10. The van der Waals surface area contributed by atoms with Crippen molar-refractivity contribution in [2.45, 2.75) is 26.8 Å². The topological polar surface area (TPSA) is 35.1 Å². The molecule has 0 spiro atoms. The minimum Gasteiger partial charge on any atom is -0.463 e. The molecule has 2 rings (SSSR count). The molecule has 0 aliphatic rings. The zero-order chi connectivity index (χ0) is 12.6. The highest BCUT2D eigenvalue weighted by Gasteiger charge is 2.22. The van der Waals surface area contributed by atoms with Gasteiger partial charge < -0.3 is 8.98 Å². The van der Waals surface area contributed by atoms with Gasteiger partial charge in [-0.25, -0.2) is 0 Å². The van der Waals surface area contributed by atoms with Crippen molar-refractivity contribution in [2.24, 2.45) is 0 Å². The third-order valence-corrected chi connectivity index (χ3v) is 3.63. The van der Waals surface area contributed by atoms with Gasteiger partial charge in [-0.15, -0.1) is 0 Å². The molecule has 0 atom stereocenters. The smallest absolute Gasteiger partial charge is 0.153 e. The summed E-state index contributed by atoms with van der Waals surface area (Å²) in [4.78, 5) is 11.1. The summed E-state index contributed by atoms with van der Waals surface area (Å²) in [5.41, 5.74) is 2.56. The highest BCUT2D eigenvalue weighted by atomic mass is 79.9. The van der Waals surface area contributed by atoms with Crippen LogP contribution in [0.3, 0.4) is 0 Å². The first-order chi connectivity index (χ1) is 8.07. The third kappa shape index (κ3) is 1.86. The fourth-order valence-corrected chi connectivity index (χ4v) is 2.88. The van der Waals surface area contributed by atoms with E-state index >= 15 is 0 Å². The van der Waals surface area contributed by atoms with Crippen molar-refractivity contribution in [3.05, 3.63) is 34.1 Å². The Labute approximate surface area is 109 Å². The van der Waals surface area contributed by atoms with E-state index in [0.29, 0.717) is 5.56 Å². The Balaban J connectivity index is 2.77. The van der Waals surface area contributed by atoms with Gasteiger partial charge in [0.2, 0.25) is 0 Å². The molecule has 2 aromatic rings. The van der Waals surface area contributed by atoms with E-state index in [2.05, 4.69) is 34.3 Å². The number of aromatic nitrogens is 1. The summed E-state index contributed by atoms with van der Waals surface area (Å²) in [6.07, 6.45) is 2.51. The van der Waals surface area contributed by atoms with E-state index in [1.54, 1.807) is 6.26 Å². The fraction of sp³-hybridized carbons (Fsp3) is 0.308. The van der Waals surface area contributed by atoms with E-state index in [4.69, 9.17) is 4.42 Å². The Morgan fingerprint density at radius 1 is 1.47 bits per heavy atom. The maximum atomic E-state index is 11.1. The Morgan fingerprint density at radius 3 is 2.65 bits per heavy atom. The van der Waals surface area contributed by atoms with Crippen LogP contribution in [-0.2, 0) is 0 Å². The molecule has 17 heavy (non-hydrogen) atoms. The van der Waals surface area contributed by atoms with E-state index < -0.39 is 0 Å². The number of halogens is 1. The maximum absolute atomic E-state index is 11.1. The number of aldehydes is 1. The molecular weight excluding hydrogens is 282 g/mol. The first-order valence-electron chi connectivity index (χ1n) is 5.47. The molecule has 0 fully saturated rings. The molecule has 0 bridgehead atoms. The van der Waals surface area contributed by atoms with E-state index in [1.807, 2.05) is 19.1 Å². The molecule has 0 aliphatic heterocycles. The molecule has 0 aromatic carbocycles. The largest absolute Gasteiger partial charge is 0.463 e. The summed E-state index contributed by atoms with van der Waals surface area (Å²) in [7, 11) is 0. The van der Waals surface area contributed by atoms with Crippen molar-refractivity contribution in [1.82, 2.24) is 4.57 Å². The van der Waals surface area contributed by atoms with Crippen LogP contribution in [-0.4, -0.2) is 10.9 Å². The first kappa shape index (κ1) is 12.2. The number of hydrogen-bond donors (Lipinski definition) is 0. The van der Waals surface area contributed by atoms with Crippen LogP contribution in [0.2, 0.25) is 0 Å². The van der Waals surface area contributed by atoms with E-state index in [-0.39, 0.29) is 6.04 Å². The van der Waals surface area contributed by atoms with Crippen LogP contribution in [0.4, 0.5) is 0 Å². The van der Waals surface area contributed by atoms with E-state index in [0.717, 1.165) is 27.9 Å². The molecule has 0 saturated heterocycles. The Bertz CT molecular complexity index is 538. The van der Waals surface area contributed by atoms with Gasteiger partial charge in [0.1, 0.15) is 0 Å². The molecule has 0 amide bonds. The predicted molar refractivity (Wildman–Crippen MR) is 70.3 cm³/mol. The summed E-state index contributed by atoms with van der Waals surface area (Å²) in [5, 5.41) is 0. The van der Waals surface area contributed by atoms with Gasteiger partial charge in [-0.2, -0.15) is 0 Å². The first-order valence-corrected chi connectivity index (χ1v) is 6.26. The van der Waals surface area contributed by atoms with Crippen molar-refractivity contribution in [1.29, 1.82) is 0 Å². The molecule has 0 radical (unpaired) electrons. The number of hydrogen-bond acceptors (Lipinski definition) is 2. The van der Waals surface area contributed by atoms with Gasteiger partial charge in [0, 0.05) is 17.3 Å². The quantitative estimate of drug-likeness (QED) is 0.795. The van der Waals surface area contributed by atoms with Gasteiger partial charge in [-0.1, -0.05) is 0 Å². The molecule has 2 aromatic heterocycles. The summed E-state index contributed by atoms with van der Waals surface area (Å²) in [5.74, 6) is 0.766. The fourth-order valence-electron chi connectivity index (χ4n) is 2.11. The molecule has 0 aliphatic carbocycles. The summed E-state index contributed by atoms with van der Waals surface area (Å²) in [6, 6.07) is 4.00. The van der Waals surface area contributed by atoms with Crippen LogP contribution in [0.1, 0.15) is 35.9 Å². The maximum Gasteiger partial charge on any atom is 0.153 e. The Morgan fingerprint density at radius 2 is 2.18 bits per heavy atom. The minimum atomic E-state index is 0.264. The minimum absolute atomic E-state index is 0.264. The average Bonchev–Trinajstić information content (AvgIpc) is 2.84. The second kappa shape index (κ2) is 4.53. The third-order valence-electron chi connectivity index (χ3n) is 2.83. The molecule has 0 saturated carbocycles. The van der Waals surface area contributed by atoms with Gasteiger partial charge >= 0.3 is 0 Å². The lowest BCUT2D eigenvalue weighted by atomic mass is 10.2. The number of nitrogens with zero attached hydrogens (tertiary/aromatic N) is 1. The average molecular weight is 296 g/mol. The van der Waals surface area contributed by atoms with Crippen LogP contribution in [0.5, 0.6) is 0 Å². The molecule has 4 heteroatoms. The molecule has 2 heterocycles. The normalized spacial score (nSPS) is 11.1. The van der Waals surface area contributed by atoms with Crippen LogP contribution in [0, 0.1) is 6.92 Å². The number of carbonyl (C=O) groups is 1. The van der Waals surface area contributed by atoms with Crippen LogP contribution >= 0.6 is 15.9 Å². The number of carbonyl (C=O) groups excluding carboxylic acids is 1. The van der Waals surface area contributed by atoms with Crippen LogP contribution in [0.15, 0.2) is 27.3 Å². The van der Waals surface area contributed by atoms with Crippen molar-refractivity contribution in [2.75, 3.05) is 0 Å². The van der Waals surface area contributed by atoms with E-state index in [9.17, 15) is 4.79 Å². The van der Waals surface area contributed by atoms with Crippen molar-refractivity contribution in [3.8, 4) is 11.5 Å². The highest BCUT2D eigenvalue weighted by Crippen LogP contribution is 2.37. The number of furan rings is 1. The SMILES string of the molecule is Cc1c(C=O)c(Br)c(-c2ccco2)n1C(C)C. The zero-order valence-electron chi connectivity index (χ0n) is 10.0. The lowest BCUT2D eigenvalue weighted by molar-refractivity contribution is 0.112. The molecule has 0 N–H and O–H groups in total. The van der Waals surface area contributed by atoms with Crippen molar-refractivity contribution in [3.63, 3.8) is 0 Å². The van der Waals surface area contributed by atoms with Gasteiger partial charge in [0.05, 0.1) is 16.4 Å². The summed E-state index contributed by atoms with van der Waals surface area (Å²) < 4.78 is 8.34. The van der Waals surface area contributed by atoms with Crippen LogP contribution < -0.4 is 0 Å². The second-order valence-corrected chi connectivity index (χ2v) is 5.01. The van der Waals surface area contributed by atoms with Gasteiger partial charge in [0.25, 0.3) is 0 Å². The molecule has 3 nitrogen and oxygen atoms in total. The lowest BCUT2D eigenvalue weighted by Crippen LogP contribution is -2.05. The zero-order valence-corrected chi connectivity index (χ0v) is 11.6. The van der Waals surface area contributed by atoms with Crippen LogP contribution in [0.25, 0.3) is 11.5 Å². The monoisotopic (exact) mass is 295 g/mol. The molecule has 0 unspecified atom stereocenters. The summed E-state index contributed by atoms with van der Waals surface area (Å²) in [6.45, 7) is 6.11. The lowest BCUT2D eigenvalue weighted by Gasteiger charge is -2.14. The Kier molecular flexibility index (Phi) is 3.24. The number of rotatable bonds is 3. The van der Waals surface area contributed by atoms with Gasteiger partial charge in [-0.3, -0.25) is 4.79 Å². The van der Waals surface area contributed by atoms with Crippen molar-refractivity contribution < 1.29 is 9.21 Å². The molecular formula is C13H14BrNO2. The predicted octanol–water partition coefficient (Wildman–Crippen LogP) is 4.21. The summed E-state index contributed by atoms with van der Waals surface area (Å²) >= 11 is 3.49. The van der Waals surface area contributed by atoms with Gasteiger partial charge in [0.15, 0.2) is 12.0 Å². The standard InChI is InChI=1S/C13H14BrNO2/c1-8(2)15-9(3)10(7-16)12(14)13(15)11-5-4-6-17-11/h4-8H,1-3H3. The Hall–Kier alpha value is -1.29. The van der Waals surface area contributed by atoms with Gasteiger partial charge in [-0.05, 0) is 48.8 Å². The molecule has 90 valence electrons. The van der Waals surface area contributed by atoms with Crippen molar-refractivity contribution >= 4 is 22.2 Å².